The zero-order valence-corrected chi connectivity index (χ0v) is 19.8. The van der Waals surface area contributed by atoms with Gasteiger partial charge in [0, 0.05) is 48.9 Å². The number of benzene rings is 3. The van der Waals surface area contributed by atoms with Crippen molar-refractivity contribution in [3.63, 3.8) is 0 Å². The average Bonchev–Trinajstić information content (AvgIpc) is 3.29. The van der Waals surface area contributed by atoms with Gasteiger partial charge in [0.05, 0.1) is 11.8 Å². The normalized spacial score (nSPS) is 21.3. The van der Waals surface area contributed by atoms with Crippen LogP contribution in [0.3, 0.4) is 0 Å². The quantitative estimate of drug-likeness (QED) is 0.428. The molecule has 1 saturated heterocycles. The Kier molecular flexibility index (Phi) is 5.23. The lowest BCUT2D eigenvalue weighted by Crippen LogP contribution is -2.59. The molecule has 1 fully saturated rings. The highest BCUT2D eigenvalue weighted by molar-refractivity contribution is 9.10. The van der Waals surface area contributed by atoms with Crippen LogP contribution in [0.15, 0.2) is 82.4 Å². The Bertz CT molecular complexity index is 1190. The summed E-state index contributed by atoms with van der Waals surface area (Å²) in [4.78, 5) is 2.50. The van der Waals surface area contributed by atoms with Crippen LogP contribution in [0.2, 0.25) is 0 Å². The van der Waals surface area contributed by atoms with Crippen molar-refractivity contribution in [1.29, 1.82) is 0 Å². The Labute approximate surface area is 201 Å². The van der Waals surface area contributed by atoms with E-state index < -0.39 is 5.72 Å². The Morgan fingerprint density at radius 3 is 2.52 bits per heavy atom. The van der Waals surface area contributed by atoms with E-state index in [0.717, 1.165) is 66.0 Å². The van der Waals surface area contributed by atoms with Crippen molar-refractivity contribution in [2.45, 2.75) is 37.6 Å². The second-order valence-electron chi connectivity index (χ2n) is 9.11. The summed E-state index contributed by atoms with van der Waals surface area (Å²) in [6.07, 6.45) is 2.55. The predicted molar refractivity (Wildman–Crippen MR) is 131 cm³/mol. The van der Waals surface area contributed by atoms with Crippen LogP contribution in [0.25, 0.3) is 0 Å². The molecule has 0 saturated carbocycles. The number of ether oxygens (including phenoxy) is 1. The summed E-state index contributed by atoms with van der Waals surface area (Å²) in [6.45, 7) is 2.85. The molecule has 0 bridgehead atoms. The van der Waals surface area contributed by atoms with Gasteiger partial charge in [-0.1, -0.05) is 58.4 Å². The number of rotatable bonds is 3. The predicted octanol–water partition coefficient (Wildman–Crippen LogP) is 6.12. The fourth-order valence-electron chi connectivity index (χ4n) is 5.30. The van der Waals surface area contributed by atoms with Crippen molar-refractivity contribution >= 4 is 21.6 Å². The van der Waals surface area contributed by atoms with E-state index in [1.54, 1.807) is 0 Å². The number of fused-ring (bicyclic) bond motifs is 4. The lowest BCUT2D eigenvalue weighted by atomic mass is 9.90. The topological polar surface area (TPSA) is 28.1 Å². The number of hydrogen-bond donors (Lipinski definition) is 0. The third-order valence-corrected chi connectivity index (χ3v) is 7.52. The van der Waals surface area contributed by atoms with Crippen LogP contribution in [0.4, 0.5) is 4.39 Å². The van der Waals surface area contributed by atoms with Gasteiger partial charge in [0.15, 0.2) is 0 Å². The van der Waals surface area contributed by atoms with Crippen LogP contribution < -0.4 is 4.74 Å². The molecular weight excluding hydrogens is 481 g/mol. The Balaban J connectivity index is 1.31. The summed E-state index contributed by atoms with van der Waals surface area (Å²) < 4.78 is 21.3. The summed E-state index contributed by atoms with van der Waals surface area (Å²) in [5, 5.41) is 7.30. The summed E-state index contributed by atoms with van der Waals surface area (Å²) in [6, 6.07) is 23.7. The molecule has 1 atom stereocenters. The summed E-state index contributed by atoms with van der Waals surface area (Å²) >= 11 is 3.62. The second-order valence-corrected chi connectivity index (χ2v) is 10.0. The first kappa shape index (κ1) is 20.9. The maximum Gasteiger partial charge on any atom is 0.200 e. The van der Waals surface area contributed by atoms with Gasteiger partial charge in [-0.3, -0.25) is 4.90 Å². The minimum Gasteiger partial charge on any atom is -0.466 e. The van der Waals surface area contributed by atoms with Gasteiger partial charge in [0.25, 0.3) is 0 Å². The molecule has 4 nitrogen and oxygen atoms in total. The molecule has 3 aliphatic rings. The van der Waals surface area contributed by atoms with E-state index in [4.69, 9.17) is 9.84 Å². The zero-order chi connectivity index (χ0) is 22.4. The summed E-state index contributed by atoms with van der Waals surface area (Å²) in [5.41, 5.74) is 3.99. The van der Waals surface area contributed by atoms with Gasteiger partial charge >= 0.3 is 0 Å². The zero-order valence-electron chi connectivity index (χ0n) is 18.3. The van der Waals surface area contributed by atoms with Gasteiger partial charge in [-0.15, -0.1) is 0 Å². The van der Waals surface area contributed by atoms with E-state index in [0.29, 0.717) is 0 Å². The number of hydrogen-bond acceptors (Lipinski definition) is 4. The van der Waals surface area contributed by atoms with Crippen LogP contribution in [0.1, 0.15) is 42.0 Å². The van der Waals surface area contributed by atoms with Crippen LogP contribution in [-0.4, -0.2) is 34.4 Å². The molecule has 6 rings (SSSR count). The smallest absolute Gasteiger partial charge is 0.200 e. The molecule has 33 heavy (non-hydrogen) atoms. The Morgan fingerprint density at radius 2 is 1.76 bits per heavy atom. The van der Waals surface area contributed by atoms with Gasteiger partial charge in [0.1, 0.15) is 11.6 Å². The Morgan fingerprint density at radius 1 is 1.00 bits per heavy atom. The second kappa shape index (κ2) is 8.26. The van der Waals surface area contributed by atoms with Gasteiger partial charge in [-0.25, -0.2) is 9.40 Å². The Hall–Kier alpha value is -2.70. The summed E-state index contributed by atoms with van der Waals surface area (Å²) in [5.74, 6) is 0.724. The van der Waals surface area contributed by atoms with Crippen LogP contribution in [-0.2, 0) is 6.54 Å². The molecule has 3 heterocycles. The first-order chi connectivity index (χ1) is 16.1. The first-order valence-electron chi connectivity index (χ1n) is 11.5. The maximum absolute atomic E-state index is 13.5. The minimum atomic E-state index is -0.458. The maximum atomic E-state index is 13.5. The monoisotopic (exact) mass is 505 g/mol. The van der Waals surface area contributed by atoms with Crippen molar-refractivity contribution in [3.8, 4) is 5.75 Å². The molecule has 3 aromatic carbocycles. The molecule has 1 spiro atoms. The SMILES string of the molecule is Fc1ccc(C2=NN3[C@H](C2)c2cc(Br)ccc2OC32CCN(Cc3ccccc3)CC2)cc1. The van der Waals surface area contributed by atoms with Crippen molar-refractivity contribution in [2.24, 2.45) is 5.10 Å². The van der Waals surface area contributed by atoms with Gasteiger partial charge in [0.2, 0.25) is 5.72 Å². The van der Waals surface area contributed by atoms with E-state index in [-0.39, 0.29) is 11.9 Å². The first-order valence-corrected chi connectivity index (χ1v) is 12.3. The fraction of sp³-hybridized carbons (Fsp3) is 0.296. The van der Waals surface area contributed by atoms with Crippen molar-refractivity contribution < 1.29 is 9.13 Å². The number of nitrogens with zero attached hydrogens (tertiary/aromatic N) is 3. The number of halogens is 2. The average molecular weight is 506 g/mol. The van der Waals surface area contributed by atoms with Crippen molar-refractivity contribution in [1.82, 2.24) is 9.91 Å². The number of piperidine rings is 1. The highest BCUT2D eigenvalue weighted by Gasteiger charge is 2.51. The molecule has 0 amide bonds. The highest BCUT2D eigenvalue weighted by atomic mass is 79.9. The molecule has 6 heteroatoms. The summed E-state index contributed by atoms with van der Waals surface area (Å²) in [7, 11) is 0. The number of likely N-dealkylation sites (tertiary alicyclic amines) is 1. The fourth-order valence-corrected chi connectivity index (χ4v) is 5.68. The third kappa shape index (κ3) is 3.85. The molecule has 3 aromatic rings. The largest absolute Gasteiger partial charge is 0.466 e. The van der Waals surface area contributed by atoms with Gasteiger partial charge in [-0.2, -0.15) is 5.10 Å². The molecule has 0 aromatic heterocycles. The molecular formula is C27H25BrFN3O. The molecule has 168 valence electrons. The van der Waals surface area contributed by atoms with Crippen LogP contribution in [0.5, 0.6) is 5.75 Å². The molecule has 0 unspecified atom stereocenters. The molecule has 0 aliphatic carbocycles. The molecule has 0 radical (unpaired) electrons. The van der Waals surface area contributed by atoms with Crippen molar-refractivity contribution in [3.05, 3.63) is 99.8 Å². The van der Waals surface area contributed by atoms with Crippen molar-refractivity contribution in [2.75, 3.05) is 13.1 Å². The van der Waals surface area contributed by atoms with E-state index in [1.807, 2.05) is 18.2 Å². The van der Waals surface area contributed by atoms with E-state index >= 15 is 0 Å². The van der Waals surface area contributed by atoms with Gasteiger partial charge in [-0.05, 0) is 41.5 Å². The highest BCUT2D eigenvalue weighted by Crippen LogP contribution is 2.50. The van der Waals surface area contributed by atoms with E-state index in [2.05, 4.69) is 68.3 Å². The minimum absolute atomic E-state index is 0.118. The molecule has 3 aliphatic heterocycles. The van der Waals surface area contributed by atoms with Gasteiger partial charge < -0.3 is 4.74 Å². The third-order valence-electron chi connectivity index (χ3n) is 7.02. The lowest BCUT2D eigenvalue weighted by Gasteiger charge is -2.51. The van der Waals surface area contributed by atoms with E-state index in [9.17, 15) is 4.39 Å². The molecule has 0 N–H and O–H groups in total. The number of hydrazone groups is 1. The van der Waals surface area contributed by atoms with Crippen LogP contribution in [0, 0.1) is 5.82 Å². The van der Waals surface area contributed by atoms with E-state index in [1.165, 1.54) is 17.7 Å². The van der Waals surface area contributed by atoms with Crippen LogP contribution >= 0.6 is 15.9 Å². The standard InChI is InChI=1S/C27H25BrFN3O/c28-21-8-11-26-23(16-21)25-17-24(20-6-9-22(29)10-7-20)30-32(25)27(33-26)12-14-31(15-13-27)18-19-4-2-1-3-5-19/h1-11,16,25H,12-15,17-18H2/t25-/m1/s1. The lowest BCUT2D eigenvalue weighted by molar-refractivity contribution is -0.150.